The van der Waals surface area contributed by atoms with E-state index in [1.807, 2.05) is 0 Å². The van der Waals surface area contributed by atoms with Crippen LogP contribution in [0.5, 0.6) is 0 Å². The van der Waals surface area contributed by atoms with Crippen molar-refractivity contribution < 1.29 is 0 Å². The van der Waals surface area contributed by atoms with Gasteiger partial charge in [0.15, 0.2) is 0 Å². The number of nitrogens with zero attached hydrogens (tertiary/aromatic N) is 1. The number of allylic oxidation sites excluding steroid dienone is 1. The third-order valence-corrected chi connectivity index (χ3v) is 3.78. The van der Waals surface area contributed by atoms with Gasteiger partial charge in [-0.15, -0.1) is 0 Å². The topological polar surface area (TPSA) is 15.3 Å². The van der Waals surface area contributed by atoms with E-state index < -0.39 is 0 Å². The largest absolute Gasteiger partial charge is 0.310 e. The Bertz CT molecular complexity index is 233. The van der Waals surface area contributed by atoms with Crippen LogP contribution >= 0.6 is 0 Å². The van der Waals surface area contributed by atoms with E-state index in [-0.39, 0.29) is 0 Å². The molecule has 1 N–H and O–H groups in total. The first-order chi connectivity index (χ1) is 8.74. The van der Waals surface area contributed by atoms with Crippen molar-refractivity contribution in [3.63, 3.8) is 0 Å². The molecule has 0 saturated carbocycles. The van der Waals surface area contributed by atoms with E-state index in [0.29, 0.717) is 6.04 Å². The van der Waals surface area contributed by atoms with Gasteiger partial charge < -0.3 is 10.2 Å². The van der Waals surface area contributed by atoms with E-state index in [9.17, 15) is 0 Å². The zero-order valence-corrected chi connectivity index (χ0v) is 12.7. The Labute approximate surface area is 114 Å². The third kappa shape index (κ3) is 6.55. The maximum absolute atomic E-state index is 3.75. The van der Waals surface area contributed by atoms with Gasteiger partial charge in [0.05, 0.1) is 0 Å². The van der Waals surface area contributed by atoms with Gasteiger partial charge in [0, 0.05) is 6.04 Å². The first-order valence-electron chi connectivity index (χ1n) is 7.81. The summed E-state index contributed by atoms with van der Waals surface area (Å²) in [4.78, 5) is 2.30. The van der Waals surface area contributed by atoms with Gasteiger partial charge in [0.25, 0.3) is 0 Å². The zero-order valence-electron chi connectivity index (χ0n) is 12.7. The summed E-state index contributed by atoms with van der Waals surface area (Å²) in [7, 11) is 4.34. The average molecular weight is 252 g/mol. The number of nitrogens with one attached hydrogen (secondary N) is 1. The summed E-state index contributed by atoms with van der Waals surface area (Å²) in [5.74, 6) is 0. The van der Waals surface area contributed by atoms with E-state index in [2.05, 4.69) is 37.3 Å². The maximum atomic E-state index is 3.75. The van der Waals surface area contributed by atoms with Gasteiger partial charge in [-0.2, -0.15) is 0 Å². The van der Waals surface area contributed by atoms with Crippen LogP contribution in [-0.2, 0) is 0 Å². The summed E-state index contributed by atoms with van der Waals surface area (Å²) in [5, 5.41) is 3.75. The Morgan fingerprint density at radius 3 is 2.72 bits per heavy atom. The van der Waals surface area contributed by atoms with Crippen molar-refractivity contribution in [2.24, 2.45) is 0 Å². The minimum absolute atomic E-state index is 0.616. The summed E-state index contributed by atoms with van der Waals surface area (Å²) in [5.41, 5.74) is 1.69. The molecule has 0 amide bonds. The SMILES string of the molecule is CCCNC(CCN(C)C)C1=CCCCCCC1. The highest BCUT2D eigenvalue weighted by atomic mass is 15.1. The molecular formula is C16H32N2. The molecule has 0 fully saturated rings. The van der Waals surface area contributed by atoms with E-state index >= 15 is 0 Å². The van der Waals surface area contributed by atoms with Gasteiger partial charge in [-0.25, -0.2) is 0 Å². The molecule has 0 spiro atoms. The van der Waals surface area contributed by atoms with E-state index in [1.165, 1.54) is 57.9 Å². The standard InChI is InChI=1S/C16H32N2/c1-4-13-17-16(12-14-18(2)3)15-10-8-6-5-7-9-11-15/h10,16-17H,4-9,11-14H2,1-3H3. The molecule has 1 unspecified atom stereocenters. The van der Waals surface area contributed by atoms with Crippen LogP contribution in [0, 0.1) is 0 Å². The molecule has 2 nitrogen and oxygen atoms in total. The van der Waals surface area contributed by atoms with Crippen molar-refractivity contribution in [2.75, 3.05) is 27.2 Å². The quantitative estimate of drug-likeness (QED) is 0.697. The molecule has 1 aliphatic rings. The number of hydrogen-bond donors (Lipinski definition) is 1. The monoisotopic (exact) mass is 252 g/mol. The summed E-state index contributed by atoms with van der Waals surface area (Å²) in [6.07, 6.45) is 13.2. The lowest BCUT2D eigenvalue weighted by atomic mass is 9.93. The van der Waals surface area contributed by atoms with Gasteiger partial charge >= 0.3 is 0 Å². The van der Waals surface area contributed by atoms with E-state index in [4.69, 9.17) is 0 Å². The average Bonchev–Trinajstić information content (AvgIpc) is 2.30. The van der Waals surface area contributed by atoms with Gasteiger partial charge in [0.1, 0.15) is 0 Å². The van der Waals surface area contributed by atoms with Crippen LogP contribution in [0.15, 0.2) is 11.6 Å². The van der Waals surface area contributed by atoms with Crippen LogP contribution in [0.4, 0.5) is 0 Å². The van der Waals surface area contributed by atoms with Crippen LogP contribution in [0.25, 0.3) is 0 Å². The van der Waals surface area contributed by atoms with Crippen LogP contribution in [-0.4, -0.2) is 38.1 Å². The van der Waals surface area contributed by atoms with Crippen molar-refractivity contribution in [1.82, 2.24) is 10.2 Å². The Hall–Kier alpha value is -0.340. The minimum atomic E-state index is 0.616. The van der Waals surface area contributed by atoms with Crippen molar-refractivity contribution in [1.29, 1.82) is 0 Å². The first-order valence-corrected chi connectivity index (χ1v) is 7.81. The molecule has 1 aliphatic carbocycles. The van der Waals surface area contributed by atoms with Gasteiger partial charge in [-0.3, -0.25) is 0 Å². The molecule has 18 heavy (non-hydrogen) atoms. The Kier molecular flexibility index (Phi) is 8.36. The molecular weight excluding hydrogens is 220 g/mol. The smallest absolute Gasteiger partial charge is 0.0291 e. The lowest BCUT2D eigenvalue weighted by Gasteiger charge is -2.25. The van der Waals surface area contributed by atoms with Crippen LogP contribution in [0.1, 0.15) is 58.3 Å². The van der Waals surface area contributed by atoms with Crippen molar-refractivity contribution in [3.05, 3.63) is 11.6 Å². The third-order valence-electron chi connectivity index (χ3n) is 3.78. The molecule has 106 valence electrons. The highest BCUT2D eigenvalue weighted by molar-refractivity contribution is 5.11. The molecule has 0 aromatic carbocycles. The molecule has 1 atom stereocenters. The lowest BCUT2D eigenvalue weighted by molar-refractivity contribution is 0.368. The summed E-state index contributed by atoms with van der Waals surface area (Å²) in [6, 6.07) is 0.616. The second-order valence-corrected chi connectivity index (χ2v) is 5.83. The second kappa shape index (κ2) is 9.57. The van der Waals surface area contributed by atoms with Gasteiger partial charge in [0.2, 0.25) is 0 Å². The first kappa shape index (κ1) is 15.7. The Balaban J connectivity index is 2.54. The fraction of sp³-hybridized carbons (Fsp3) is 0.875. The molecule has 0 heterocycles. The molecule has 0 radical (unpaired) electrons. The maximum Gasteiger partial charge on any atom is 0.0291 e. The van der Waals surface area contributed by atoms with Crippen LogP contribution in [0.2, 0.25) is 0 Å². The van der Waals surface area contributed by atoms with Gasteiger partial charge in [-0.05, 0) is 65.7 Å². The highest BCUT2D eigenvalue weighted by Gasteiger charge is 2.14. The molecule has 0 aliphatic heterocycles. The Morgan fingerprint density at radius 1 is 1.22 bits per heavy atom. The van der Waals surface area contributed by atoms with Crippen LogP contribution < -0.4 is 5.32 Å². The van der Waals surface area contributed by atoms with E-state index in [0.717, 1.165) is 6.54 Å². The molecule has 0 aromatic rings. The fourth-order valence-electron chi connectivity index (χ4n) is 2.66. The minimum Gasteiger partial charge on any atom is -0.310 e. The fourth-order valence-corrected chi connectivity index (χ4v) is 2.66. The summed E-state index contributed by atoms with van der Waals surface area (Å²) in [6.45, 7) is 4.58. The zero-order chi connectivity index (χ0) is 13.2. The van der Waals surface area contributed by atoms with E-state index in [1.54, 1.807) is 5.57 Å². The molecule has 0 aromatic heterocycles. The predicted octanol–water partition coefficient (Wildman–Crippen LogP) is 3.59. The number of rotatable bonds is 7. The molecule has 0 bridgehead atoms. The molecule has 1 rings (SSSR count). The lowest BCUT2D eigenvalue weighted by Crippen LogP contribution is -2.34. The highest BCUT2D eigenvalue weighted by Crippen LogP contribution is 2.21. The van der Waals surface area contributed by atoms with Crippen molar-refractivity contribution >= 4 is 0 Å². The van der Waals surface area contributed by atoms with Crippen molar-refractivity contribution in [3.8, 4) is 0 Å². The predicted molar refractivity (Wildman–Crippen MR) is 81.0 cm³/mol. The second-order valence-electron chi connectivity index (χ2n) is 5.83. The summed E-state index contributed by atoms with van der Waals surface area (Å²) >= 11 is 0. The summed E-state index contributed by atoms with van der Waals surface area (Å²) < 4.78 is 0. The number of hydrogen-bond acceptors (Lipinski definition) is 2. The Morgan fingerprint density at radius 2 is 2.00 bits per heavy atom. The van der Waals surface area contributed by atoms with Crippen LogP contribution in [0.3, 0.4) is 0 Å². The molecule has 0 saturated heterocycles. The van der Waals surface area contributed by atoms with Gasteiger partial charge in [-0.1, -0.05) is 31.4 Å². The van der Waals surface area contributed by atoms with Crippen molar-refractivity contribution in [2.45, 2.75) is 64.3 Å². The normalized spacial score (nSPS) is 19.2. The molecule has 2 heteroatoms.